The highest BCUT2D eigenvalue weighted by Crippen LogP contribution is 2.56. The summed E-state index contributed by atoms with van der Waals surface area (Å²) in [5, 5.41) is 4.70. The van der Waals surface area contributed by atoms with Crippen molar-refractivity contribution in [1.29, 1.82) is 0 Å². The van der Waals surface area contributed by atoms with Crippen LogP contribution in [0.4, 0.5) is 8.78 Å². The lowest BCUT2D eigenvalue weighted by Gasteiger charge is -2.14. The van der Waals surface area contributed by atoms with Gasteiger partial charge in [-0.15, -0.1) is 0 Å². The van der Waals surface area contributed by atoms with Crippen molar-refractivity contribution in [2.75, 3.05) is 0 Å². The van der Waals surface area contributed by atoms with E-state index in [4.69, 9.17) is 9.52 Å². The van der Waals surface area contributed by atoms with E-state index in [9.17, 15) is 8.78 Å². The molecule has 0 amide bonds. The van der Waals surface area contributed by atoms with Crippen molar-refractivity contribution in [1.82, 2.24) is 14.8 Å². The molecular weight excluding hydrogens is 348 g/mol. The van der Waals surface area contributed by atoms with E-state index < -0.39 is 11.6 Å². The van der Waals surface area contributed by atoms with Crippen LogP contribution in [-0.2, 0) is 5.41 Å². The number of nitrogens with zero attached hydrogens (tertiary/aromatic N) is 3. The summed E-state index contributed by atoms with van der Waals surface area (Å²) in [4.78, 5) is 4.46. The Morgan fingerprint density at radius 2 is 1.93 bits per heavy atom. The summed E-state index contributed by atoms with van der Waals surface area (Å²) < 4.78 is 35.5. The Kier molecular flexibility index (Phi) is 3.39. The highest BCUT2D eigenvalue weighted by atomic mass is 19.1. The van der Waals surface area contributed by atoms with E-state index in [1.807, 2.05) is 0 Å². The zero-order chi connectivity index (χ0) is 18.9. The van der Waals surface area contributed by atoms with Crippen LogP contribution in [0.15, 0.2) is 28.8 Å². The van der Waals surface area contributed by atoms with Crippen LogP contribution in [0.25, 0.3) is 17.3 Å². The second kappa shape index (κ2) is 5.50. The lowest BCUT2D eigenvalue weighted by Crippen LogP contribution is -2.09. The lowest BCUT2D eigenvalue weighted by atomic mass is 9.94. The quantitative estimate of drug-likeness (QED) is 0.602. The smallest absolute Gasteiger partial charge is 0.247 e. The van der Waals surface area contributed by atoms with Crippen LogP contribution in [0.2, 0.25) is 0 Å². The molecule has 5 rings (SSSR count). The van der Waals surface area contributed by atoms with Crippen molar-refractivity contribution in [2.24, 2.45) is 0 Å². The fourth-order valence-corrected chi connectivity index (χ4v) is 4.46. The van der Waals surface area contributed by atoms with Gasteiger partial charge in [0.15, 0.2) is 11.5 Å². The van der Waals surface area contributed by atoms with Gasteiger partial charge >= 0.3 is 0 Å². The summed E-state index contributed by atoms with van der Waals surface area (Å²) in [6, 6.07) is 3.62. The molecule has 0 radical (unpaired) electrons. The Morgan fingerprint density at radius 1 is 1.15 bits per heavy atom. The summed E-state index contributed by atoms with van der Waals surface area (Å²) in [5.74, 6) is 0.818. The summed E-state index contributed by atoms with van der Waals surface area (Å²) in [6.45, 7) is 6.20. The third-order valence-electron chi connectivity index (χ3n) is 5.77. The molecule has 0 N–H and O–H groups in total. The second-order valence-corrected chi connectivity index (χ2v) is 8.64. The molecule has 0 saturated heterocycles. The zero-order valence-corrected chi connectivity index (χ0v) is 15.6. The van der Waals surface area contributed by atoms with Gasteiger partial charge in [0.1, 0.15) is 17.3 Å². The molecular formula is C21H21F2N3O. The third-order valence-corrected chi connectivity index (χ3v) is 5.77. The van der Waals surface area contributed by atoms with Crippen LogP contribution in [-0.4, -0.2) is 14.8 Å². The van der Waals surface area contributed by atoms with E-state index in [1.165, 1.54) is 12.1 Å². The van der Waals surface area contributed by atoms with Gasteiger partial charge in [-0.05, 0) is 37.3 Å². The Balaban J connectivity index is 1.70. The standard InChI is InChI=1S/C21H21F2N3O/c1-21(2,3)16-10-24-20(27-16)18-17-11-4-5-12(8-11)19(17)26(25-18)15-7-6-13(22)9-14(15)23/h6-7,9-12H,4-5,8H2,1-3H3/t11-,12+/m0/s1. The third kappa shape index (κ3) is 2.46. The predicted molar refractivity (Wildman–Crippen MR) is 97.0 cm³/mol. The Bertz CT molecular complexity index is 1040. The fraction of sp³-hybridized carbons (Fsp3) is 0.429. The fourth-order valence-electron chi connectivity index (χ4n) is 4.46. The highest BCUT2D eigenvalue weighted by molar-refractivity contribution is 5.62. The van der Waals surface area contributed by atoms with Gasteiger partial charge < -0.3 is 4.42 Å². The van der Waals surface area contributed by atoms with Gasteiger partial charge in [-0.2, -0.15) is 5.10 Å². The van der Waals surface area contributed by atoms with Gasteiger partial charge in [0.25, 0.3) is 0 Å². The van der Waals surface area contributed by atoms with E-state index in [0.29, 0.717) is 23.4 Å². The summed E-state index contributed by atoms with van der Waals surface area (Å²) in [6.07, 6.45) is 4.97. The van der Waals surface area contributed by atoms with Crippen molar-refractivity contribution < 1.29 is 13.2 Å². The number of fused-ring (bicyclic) bond motifs is 5. The van der Waals surface area contributed by atoms with Crippen LogP contribution < -0.4 is 0 Å². The molecule has 3 aromatic rings. The zero-order valence-electron chi connectivity index (χ0n) is 15.6. The van der Waals surface area contributed by atoms with Crippen molar-refractivity contribution in [2.45, 2.75) is 57.3 Å². The number of hydrogen-bond acceptors (Lipinski definition) is 3. The van der Waals surface area contributed by atoms with Gasteiger partial charge in [-0.25, -0.2) is 18.4 Å². The molecule has 0 unspecified atom stereocenters. The first-order valence-electron chi connectivity index (χ1n) is 9.38. The molecule has 1 aromatic carbocycles. The normalized spacial score (nSPS) is 21.1. The molecule has 1 fully saturated rings. The van der Waals surface area contributed by atoms with Crippen molar-refractivity contribution in [3.8, 4) is 17.3 Å². The van der Waals surface area contributed by atoms with Crippen LogP contribution >= 0.6 is 0 Å². The van der Waals surface area contributed by atoms with Crippen molar-refractivity contribution in [3.63, 3.8) is 0 Å². The molecule has 2 heterocycles. The minimum atomic E-state index is -0.614. The van der Waals surface area contributed by atoms with E-state index in [-0.39, 0.29) is 11.1 Å². The largest absolute Gasteiger partial charge is 0.439 e. The van der Waals surface area contributed by atoms with Crippen molar-refractivity contribution in [3.05, 3.63) is 53.0 Å². The van der Waals surface area contributed by atoms with Gasteiger partial charge in [0, 0.05) is 23.0 Å². The molecule has 140 valence electrons. The van der Waals surface area contributed by atoms with Crippen LogP contribution in [0, 0.1) is 11.6 Å². The molecule has 2 bridgehead atoms. The van der Waals surface area contributed by atoms with Gasteiger partial charge in [-0.1, -0.05) is 20.8 Å². The lowest BCUT2D eigenvalue weighted by molar-refractivity contribution is 0.414. The Labute approximate surface area is 156 Å². The van der Waals surface area contributed by atoms with Crippen LogP contribution in [0.5, 0.6) is 0 Å². The Morgan fingerprint density at radius 3 is 2.63 bits per heavy atom. The Hall–Kier alpha value is -2.50. The maximum Gasteiger partial charge on any atom is 0.247 e. The molecule has 27 heavy (non-hydrogen) atoms. The number of benzene rings is 1. The molecule has 2 aliphatic rings. The summed E-state index contributed by atoms with van der Waals surface area (Å²) in [7, 11) is 0. The number of aromatic nitrogens is 3. The number of hydrogen-bond donors (Lipinski definition) is 0. The summed E-state index contributed by atoms with van der Waals surface area (Å²) in [5.41, 5.74) is 2.96. The average molecular weight is 369 g/mol. The molecule has 0 aliphatic heterocycles. The SMILES string of the molecule is CC(C)(C)c1cnc(-c2nn(-c3ccc(F)cc3F)c3c2[C@H]2CC[C@@H]3C2)o1. The van der Waals surface area contributed by atoms with Gasteiger partial charge in [-0.3, -0.25) is 0 Å². The van der Waals surface area contributed by atoms with Gasteiger partial charge in [0.05, 0.1) is 11.9 Å². The maximum absolute atomic E-state index is 14.5. The average Bonchev–Trinajstić information content (AvgIpc) is 3.35. The molecule has 6 heteroatoms. The van der Waals surface area contributed by atoms with Crippen LogP contribution in [0.3, 0.4) is 0 Å². The molecule has 2 aromatic heterocycles. The van der Waals surface area contributed by atoms with Crippen LogP contribution in [0.1, 0.15) is 68.9 Å². The first-order valence-corrected chi connectivity index (χ1v) is 9.38. The van der Waals surface area contributed by atoms with Crippen molar-refractivity contribution >= 4 is 0 Å². The van der Waals surface area contributed by atoms with E-state index >= 15 is 0 Å². The topological polar surface area (TPSA) is 43.9 Å². The number of halogens is 2. The molecule has 2 atom stereocenters. The first kappa shape index (κ1) is 16.7. The monoisotopic (exact) mass is 369 g/mol. The molecule has 1 saturated carbocycles. The highest BCUT2D eigenvalue weighted by Gasteiger charge is 2.44. The number of oxazole rings is 1. The minimum Gasteiger partial charge on any atom is -0.439 e. The van der Waals surface area contributed by atoms with E-state index in [0.717, 1.165) is 42.3 Å². The van der Waals surface area contributed by atoms with Gasteiger partial charge in [0.2, 0.25) is 5.89 Å². The molecule has 4 nitrogen and oxygen atoms in total. The molecule has 2 aliphatic carbocycles. The first-order chi connectivity index (χ1) is 12.8. The maximum atomic E-state index is 14.5. The number of rotatable bonds is 2. The second-order valence-electron chi connectivity index (χ2n) is 8.64. The predicted octanol–water partition coefficient (Wildman–Crippen LogP) is 5.47. The molecule has 0 spiro atoms. The van der Waals surface area contributed by atoms with E-state index in [2.05, 4.69) is 25.8 Å². The summed E-state index contributed by atoms with van der Waals surface area (Å²) >= 11 is 0. The van der Waals surface area contributed by atoms with E-state index in [1.54, 1.807) is 10.9 Å². The minimum absolute atomic E-state index is 0.154.